The summed E-state index contributed by atoms with van der Waals surface area (Å²) in [5, 5.41) is 11.7. The van der Waals surface area contributed by atoms with Crippen LogP contribution < -0.4 is 5.32 Å². The molecule has 1 aromatic carbocycles. The number of nitrogens with one attached hydrogen (secondary N) is 1. The summed E-state index contributed by atoms with van der Waals surface area (Å²) in [6, 6.07) is 10.1. The number of pyridine rings is 1. The van der Waals surface area contributed by atoms with Gasteiger partial charge in [-0.15, -0.1) is 0 Å². The molecular formula is C17H18N2O2. The number of carbonyl (C=O) groups is 1. The molecular weight excluding hydrogens is 264 g/mol. The van der Waals surface area contributed by atoms with Crippen molar-refractivity contribution in [3.63, 3.8) is 0 Å². The minimum atomic E-state index is -0.869. The van der Waals surface area contributed by atoms with Crippen molar-refractivity contribution < 1.29 is 9.90 Å². The van der Waals surface area contributed by atoms with Gasteiger partial charge in [0.05, 0.1) is 5.69 Å². The van der Waals surface area contributed by atoms with Crippen LogP contribution in [0.15, 0.2) is 36.5 Å². The van der Waals surface area contributed by atoms with Gasteiger partial charge in [-0.1, -0.05) is 18.2 Å². The molecule has 2 aromatic rings. The summed E-state index contributed by atoms with van der Waals surface area (Å²) in [6.45, 7) is 1.87. The molecule has 0 radical (unpaired) electrons. The van der Waals surface area contributed by atoms with E-state index in [0.29, 0.717) is 5.92 Å². The van der Waals surface area contributed by atoms with Gasteiger partial charge < -0.3 is 10.4 Å². The molecule has 0 bridgehead atoms. The minimum absolute atomic E-state index is 0.0850. The molecule has 0 saturated heterocycles. The fourth-order valence-corrected chi connectivity index (χ4v) is 2.38. The third-order valence-electron chi connectivity index (χ3n) is 3.80. The van der Waals surface area contributed by atoms with Crippen LogP contribution >= 0.6 is 0 Å². The Morgan fingerprint density at radius 2 is 2.14 bits per heavy atom. The lowest BCUT2D eigenvalue weighted by Gasteiger charge is -2.10. The van der Waals surface area contributed by atoms with Crippen molar-refractivity contribution in [3.8, 4) is 11.3 Å². The quantitative estimate of drug-likeness (QED) is 0.882. The van der Waals surface area contributed by atoms with Crippen LogP contribution in [-0.2, 0) is 4.79 Å². The van der Waals surface area contributed by atoms with Gasteiger partial charge in [-0.25, -0.2) is 0 Å². The zero-order valence-electron chi connectivity index (χ0n) is 12.0. The number of aromatic nitrogens is 1. The lowest BCUT2D eigenvalue weighted by Crippen LogP contribution is -2.13. The highest BCUT2D eigenvalue weighted by atomic mass is 16.4. The van der Waals surface area contributed by atoms with Gasteiger partial charge in [-0.2, -0.15) is 0 Å². The normalized spacial score (nSPS) is 14.0. The van der Waals surface area contributed by atoms with Gasteiger partial charge in [0, 0.05) is 17.4 Å². The molecule has 2 N–H and O–H groups in total. The molecule has 108 valence electrons. The Labute approximate surface area is 123 Å². The van der Waals surface area contributed by atoms with E-state index in [9.17, 15) is 4.79 Å². The van der Waals surface area contributed by atoms with Crippen molar-refractivity contribution in [3.05, 3.63) is 47.7 Å². The van der Waals surface area contributed by atoms with Gasteiger partial charge in [0.1, 0.15) is 6.54 Å². The predicted molar refractivity (Wildman–Crippen MR) is 82.5 cm³/mol. The number of hydrogen-bond donors (Lipinski definition) is 2. The van der Waals surface area contributed by atoms with Gasteiger partial charge in [0.15, 0.2) is 0 Å². The first-order chi connectivity index (χ1) is 10.1. The molecule has 1 aromatic heterocycles. The molecule has 0 atom stereocenters. The topological polar surface area (TPSA) is 62.2 Å². The van der Waals surface area contributed by atoms with E-state index in [1.807, 2.05) is 37.4 Å². The Morgan fingerprint density at radius 3 is 2.76 bits per heavy atom. The Morgan fingerprint density at radius 1 is 1.33 bits per heavy atom. The van der Waals surface area contributed by atoms with E-state index in [1.54, 1.807) is 0 Å². The molecule has 0 spiro atoms. The average molecular weight is 282 g/mol. The lowest BCUT2D eigenvalue weighted by atomic mass is 10.1. The minimum Gasteiger partial charge on any atom is -0.480 e. The molecule has 4 nitrogen and oxygen atoms in total. The van der Waals surface area contributed by atoms with E-state index in [1.165, 1.54) is 18.4 Å². The molecule has 1 saturated carbocycles. The number of anilines is 1. The summed E-state index contributed by atoms with van der Waals surface area (Å²) in [6.07, 6.45) is 4.50. The van der Waals surface area contributed by atoms with Crippen LogP contribution in [0.25, 0.3) is 11.3 Å². The maximum atomic E-state index is 10.7. The van der Waals surface area contributed by atoms with Crippen molar-refractivity contribution in [2.75, 3.05) is 11.9 Å². The van der Waals surface area contributed by atoms with Crippen LogP contribution in [-0.4, -0.2) is 22.6 Å². The van der Waals surface area contributed by atoms with Crippen molar-refractivity contribution >= 4 is 11.7 Å². The van der Waals surface area contributed by atoms with E-state index in [0.717, 1.165) is 22.5 Å². The second-order valence-electron chi connectivity index (χ2n) is 5.53. The van der Waals surface area contributed by atoms with E-state index in [-0.39, 0.29) is 6.54 Å². The van der Waals surface area contributed by atoms with Crippen LogP contribution in [0.4, 0.5) is 5.69 Å². The molecule has 3 rings (SSSR count). The van der Waals surface area contributed by atoms with Crippen LogP contribution in [0.5, 0.6) is 0 Å². The number of nitrogens with zero attached hydrogens (tertiary/aromatic N) is 1. The van der Waals surface area contributed by atoms with Crippen LogP contribution in [0, 0.1) is 6.92 Å². The Hall–Kier alpha value is -2.36. The highest BCUT2D eigenvalue weighted by Crippen LogP contribution is 2.40. The first-order valence-corrected chi connectivity index (χ1v) is 7.16. The molecule has 1 aliphatic rings. The molecule has 0 unspecified atom stereocenters. The van der Waals surface area contributed by atoms with Crippen LogP contribution in [0.1, 0.15) is 29.9 Å². The SMILES string of the molecule is Cc1ccc(-c2ccc(C3CC3)cn2)cc1NCC(=O)O. The van der Waals surface area contributed by atoms with E-state index in [2.05, 4.69) is 16.4 Å². The summed E-state index contributed by atoms with van der Waals surface area (Å²) >= 11 is 0. The fourth-order valence-electron chi connectivity index (χ4n) is 2.38. The first-order valence-electron chi connectivity index (χ1n) is 7.16. The highest BCUT2D eigenvalue weighted by Gasteiger charge is 2.23. The molecule has 1 aliphatic carbocycles. The van der Waals surface area contributed by atoms with E-state index >= 15 is 0 Å². The zero-order chi connectivity index (χ0) is 14.8. The van der Waals surface area contributed by atoms with Crippen molar-refractivity contribution in [2.24, 2.45) is 0 Å². The highest BCUT2D eigenvalue weighted by molar-refractivity contribution is 5.75. The molecule has 1 heterocycles. The van der Waals surface area contributed by atoms with E-state index in [4.69, 9.17) is 5.11 Å². The second-order valence-corrected chi connectivity index (χ2v) is 5.53. The monoisotopic (exact) mass is 282 g/mol. The predicted octanol–water partition coefficient (Wildman–Crippen LogP) is 3.43. The molecule has 4 heteroatoms. The molecule has 1 fully saturated rings. The standard InChI is InChI=1S/C17H18N2O2/c1-11-2-3-13(8-16(11)19-10-17(20)21)15-7-6-14(9-18-15)12-4-5-12/h2-3,6-9,12,19H,4-5,10H2,1H3,(H,20,21). The molecule has 0 amide bonds. The summed E-state index contributed by atoms with van der Waals surface area (Å²) in [5.41, 5.74) is 5.08. The number of carboxylic acid groups (broad SMARTS) is 1. The van der Waals surface area contributed by atoms with Crippen LogP contribution in [0.2, 0.25) is 0 Å². The maximum absolute atomic E-state index is 10.7. The third kappa shape index (κ3) is 3.21. The number of benzene rings is 1. The van der Waals surface area contributed by atoms with Gasteiger partial charge in [0.25, 0.3) is 0 Å². The number of aliphatic carboxylic acids is 1. The van der Waals surface area contributed by atoms with Gasteiger partial charge in [-0.05, 0) is 48.9 Å². The number of carboxylic acids is 1. The van der Waals surface area contributed by atoms with E-state index < -0.39 is 5.97 Å². The summed E-state index contributed by atoms with van der Waals surface area (Å²) < 4.78 is 0. The summed E-state index contributed by atoms with van der Waals surface area (Å²) in [7, 11) is 0. The smallest absolute Gasteiger partial charge is 0.322 e. The second kappa shape index (κ2) is 5.56. The van der Waals surface area contributed by atoms with Crippen LogP contribution in [0.3, 0.4) is 0 Å². The Bertz CT molecular complexity index is 661. The molecule has 21 heavy (non-hydrogen) atoms. The van der Waals surface area contributed by atoms with Crippen molar-refractivity contribution in [1.82, 2.24) is 4.98 Å². The third-order valence-corrected chi connectivity index (χ3v) is 3.80. The van der Waals surface area contributed by atoms with Gasteiger partial charge in [-0.3, -0.25) is 9.78 Å². The maximum Gasteiger partial charge on any atom is 0.322 e. The van der Waals surface area contributed by atoms with Crippen molar-refractivity contribution in [2.45, 2.75) is 25.7 Å². The largest absolute Gasteiger partial charge is 0.480 e. The first kappa shape index (κ1) is 13.6. The summed E-state index contributed by atoms with van der Waals surface area (Å²) in [4.78, 5) is 15.2. The molecule has 0 aliphatic heterocycles. The summed E-state index contributed by atoms with van der Waals surface area (Å²) in [5.74, 6) is -0.163. The number of hydrogen-bond acceptors (Lipinski definition) is 3. The number of aryl methyl sites for hydroxylation is 1. The lowest BCUT2D eigenvalue weighted by molar-refractivity contribution is -0.134. The Balaban J connectivity index is 1.83. The van der Waals surface area contributed by atoms with Gasteiger partial charge in [0.2, 0.25) is 0 Å². The fraction of sp³-hybridized carbons (Fsp3) is 0.294. The van der Waals surface area contributed by atoms with Gasteiger partial charge >= 0.3 is 5.97 Å². The Kier molecular flexibility index (Phi) is 3.60. The average Bonchev–Trinajstić information content (AvgIpc) is 3.31. The number of rotatable bonds is 5. The zero-order valence-corrected chi connectivity index (χ0v) is 12.0. The van der Waals surface area contributed by atoms with Crippen molar-refractivity contribution in [1.29, 1.82) is 0 Å².